The first-order valence-corrected chi connectivity index (χ1v) is 15.1. The first-order valence-electron chi connectivity index (χ1n) is 13.0. The molecule has 0 spiro atoms. The summed E-state index contributed by atoms with van der Waals surface area (Å²) in [6, 6.07) is 18.2. The number of carbonyl (C=O) groups excluding carboxylic acids is 1. The van der Waals surface area contributed by atoms with Crippen LogP contribution in [0.2, 0.25) is 15.1 Å². The molecule has 0 amide bonds. The van der Waals surface area contributed by atoms with E-state index in [0.29, 0.717) is 61.0 Å². The maximum Gasteiger partial charge on any atom is 0.227 e. The molecule has 0 bridgehead atoms. The highest BCUT2D eigenvalue weighted by atomic mass is 35.5. The summed E-state index contributed by atoms with van der Waals surface area (Å²) in [6.07, 6.45) is 2.05. The number of hydrogen-bond acceptors (Lipinski definition) is 7. The number of Topliss-reactive ketones (excluding diaryl/α,β-unsaturated/α-hetero) is 1. The zero-order chi connectivity index (χ0) is 28.5. The molecule has 2 aliphatic rings. The molecule has 0 saturated carbocycles. The molecule has 1 N–H and O–H groups in total. The molecule has 1 aliphatic carbocycles. The fourth-order valence-electron chi connectivity index (χ4n) is 5.06. The van der Waals surface area contributed by atoms with Gasteiger partial charge in [-0.1, -0.05) is 76.9 Å². The van der Waals surface area contributed by atoms with Crippen molar-refractivity contribution in [3.05, 3.63) is 104 Å². The van der Waals surface area contributed by atoms with Gasteiger partial charge >= 0.3 is 0 Å². The van der Waals surface area contributed by atoms with Crippen molar-refractivity contribution in [3.8, 4) is 11.5 Å². The summed E-state index contributed by atoms with van der Waals surface area (Å²) in [4.78, 5) is 18.0. The fraction of sp³-hybridized carbons (Fsp3) is 0.233. The Morgan fingerprint density at radius 2 is 1.78 bits per heavy atom. The van der Waals surface area contributed by atoms with Gasteiger partial charge < -0.3 is 14.8 Å². The number of fused-ring (bicyclic) bond motifs is 1. The Morgan fingerprint density at radius 1 is 1.00 bits per heavy atom. The first-order chi connectivity index (χ1) is 19.9. The maximum absolute atomic E-state index is 13.3. The van der Waals surface area contributed by atoms with E-state index in [2.05, 4.69) is 5.32 Å². The second kappa shape index (κ2) is 12.0. The van der Waals surface area contributed by atoms with Gasteiger partial charge in [-0.2, -0.15) is 4.98 Å². The van der Waals surface area contributed by atoms with Crippen molar-refractivity contribution in [2.45, 2.75) is 42.8 Å². The number of ether oxygens (including phenoxy) is 2. The molecular formula is C30H25Cl3N4O3S. The fourth-order valence-corrected chi connectivity index (χ4v) is 6.68. The zero-order valence-corrected chi connectivity index (χ0v) is 25.1. The van der Waals surface area contributed by atoms with Gasteiger partial charge in [0.2, 0.25) is 11.1 Å². The van der Waals surface area contributed by atoms with E-state index >= 15 is 0 Å². The highest BCUT2D eigenvalue weighted by molar-refractivity contribution is 7.98. The van der Waals surface area contributed by atoms with Crippen LogP contribution in [-0.4, -0.2) is 27.7 Å². The van der Waals surface area contributed by atoms with Crippen LogP contribution >= 0.6 is 46.6 Å². The molecule has 1 unspecified atom stereocenters. The third-order valence-corrected chi connectivity index (χ3v) is 9.06. The van der Waals surface area contributed by atoms with E-state index in [0.717, 1.165) is 29.7 Å². The van der Waals surface area contributed by atoms with Crippen LogP contribution in [0.25, 0.3) is 0 Å². The van der Waals surface area contributed by atoms with Crippen LogP contribution in [0.1, 0.15) is 42.0 Å². The van der Waals surface area contributed by atoms with E-state index in [1.807, 2.05) is 42.5 Å². The van der Waals surface area contributed by atoms with Crippen LogP contribution in [0, 0.1) is 0 Å². The number of aromatic nitrogens is 3. The van der Waals surface area contributed by atoms with Crippen molar-refractivity contribution in [1.29, 1.82) is 0 Å². The summed E-state index contributed by atoms with van der Waals surface area (Å²) >= 11 is 20.5. The number of carbonyl (C=O) groups is 1. The first kappa shape index (κ1) is 28.0. The van der Waals surface area contributed by atoms with Crippen molar-refractivity contribution in [1.82, 2.24) is 14.8 Å². The Labute approximate surface area is 256 Å². The van der Waals surface area contributed by atoms with Gasteiger partial charge in [0.15, 0.2) is 17.3 Å². The lowest BCUT2D eigenvalue weighted by molar-refractivity contribution is -0.116. The number of anilines is 1. The third-order valence-electron chi connectivity index (χ3n) is 7.10. The van der Waals surface area contributed by atoms with E-state index in [1.165, 1.54) is 11.8 Å². The molecule has 1 aromatic heterocycles. The molecule has 3 aromatic carbocycles. The lowest BCUT2D eigenvalue weighted by atomic mass is 9.85. The number of rotatable bonds is 8. The van der Waals surface area contributed by atoms with Crippen LogP contribution < -0.4 is 14.8 Å². The molecular weight excluding hydrogens is 603 g/mol. The molecule has 41 heavy (non-hydrogen) atoms. The largest absolute Gasteiger partial charge is 0.493 e. The normalized spacial score (nSPS) is 16.2. The van der Waals surface area contributed by atoms with E-state index in [1.54, 1.807) is 30.0 Å². The molecule has 1 aliphatic heterocycles. The average molecular weight is 628 g/mol. The molecule has 0 saturated heterocycles. The standard InChI is InChI=1S/C30H25Cl3N4O3S/c1-39-26-14-17(12-13-25(26)40-15-19-21(32)8-4-9-22(19)33)28-27-23(10-5-11-24(27)38)34-29-35-30(36-37(28)29)41-16-18-6-2-3-7-20(18)31/h2-4,6-9,12-14,28H,5,10-11,15-16H2,1H3,(H,34,35,36). The van der Waals surface area contributed by atoms with Gasteiger partial charge in [-0.05, 0) is 54.3 Å². The van der Waals surface area contributed by atoms with Gasteiger partial charge in [-0.25, -0.2) is 4.68 Å². The summed E-state index contributed by atoms with van der Waals surface area (Å²) in [5, 5.41) is 10.6. The summed E-state index contributed by atoms with van der Waals surface area (Å²) in [5.74, 6) is 2.36. The predicted molar refractivity (Wildman–Crippen MR) is 162 cm³/mol. The van der Waals surface area contributed by atoms with Gasteiger partial charge in [0, 0.05) is 44.1 Å². The Balaban J connectivity index is 1.32. The van der Waals surface area contributed by atoms with E-state index in [4.69, 9.17) is 54.4 Å². The number of hydrogen-bond donors (Lipinski definition) is 1. The number of nitrogens with zero attached hydrogens (tertiary/aromatic N) is 3. The van der Waals surface area contributed by atoms with Gasteiger partial charge in [0.1, 0.15) is 12.6 Å². The molecule has 11 heteroatoms. The minimum Gasteiger partial charge on any atom is -0.493 e. The minimum absolute atomic E-state index is 0.0998. The number of nitrogens with one attached hydrogen (secondary N) is 1. The zero-order valence-electron chi connectivity index (χ0n) is 22.0. The SMILES string of the molecule is COc1cc(C2C3=C(CCCC3=O)Nc3nc(SCc4ccccc4Cl)nn32)ccc1OCc1c(Cl)cccc1Cl. The number of halogens is 3. The van der Waals surface area contributed by atoms with Crippen LogP contribution in [0.15, 0.2) is 77.1 Å². The Hall–Kier alpha value is -3.17. The molecule has 4 aromatic rings. The average Bonchev–Trinajstić information content (AvgIpc) is 3.38. The van der Waals surface area contributed by atoms with Crippen molar-refractivity contribution < 1.29 is 14.3 Å². The molecule has 210 valence electrons. The summed E-state index contributed by atoms with van der Waals surface area (Å²) in [6.45, 7) is 0.175. The number of methoxy groups -OCH3 is 1. The molecule has 2 heterocycles. The predicted octanol–water partition coefficient (Wildman–Crippen LogP) is 8.14. The van der Waals surface area contributed by atoms with Crippen LogP contribution in [0.4, 0.5) is 5.95 Å². The summed E-state index contributed by atoms with van der Waals surface area (Å²) in [5.41, 5.74) is 4.12. The quantitative estimate of drug-likeness (QED) is 0.198. The minimum atomic E-state index is -0.461. The highest BCUT2D eigenvalue weighted by Gasteiger charge is 2.37. The number of benzene rings is 3. The van der Waals surface area contributed by atoms with Crippen LogP contribution in [0.3, 0.4) is 0 Å². The van der Waals surface area contributed by atoms with Crippen molar-refractivity contribution in [2.75, 3.05) is 12.4 Å². The Kier molecular flexibility index (Phi) is 8.17. The highest BCUT2D eigenvalue weighted by Crippen LogP contribution is 2.43. The topological polar surface area (TPSA) is 78.3 Å². The van der Waals surface area contributed by atoms with Crippen LogP contribution in [0.5, 0.6) is 11.5 Å². The van der Waals surface area contributed by atoms with E-state index in [-0.39, 0.29) is 12.4 Å². The second-order valence-corrected chi connectivity index (χ2v) is 11.8. The third kappa shape index (κ3) is 5.66. The van der Waals surface area contributed by atoms with Crippen molar-refractivity contribution >= 4 is 58.3 Å². The summed E-state index contributed by atoms with van der Waals surface area (Å²) in [7, 11) is 1.58. The molecule has 7 nitrogen and oxygen atoms in total. The number of thioether (sulfide) groups is 1. The van der Waals surface area contributed by atoms with Gasteiger partial charge in [0.25, 0.3) is 0 Å². The van der Waals surface area contributed by atoms with Crippen molar-refractivity contribution in [3.63, 3.8) is 0 Å². The van der Waals surface area contributed by atoms with E-state index in [9.17, 15) is 4.79 Å². The molecule has 0 fully saturated rings. The second-order valence-electron chi connectivity index (χ2n) is 9.64. The molecule has 1 atom stereocenters. The molecule has 0 radical (unpaired) electrons. The van der Waals surface area contributed by atoms with Gasteiger partial charge in [0.05, 0.1) is 7.11 Å². The summed E-state index contributed by atoms with van der Waals surface area (Å²) < 4.78 is 13.6. The lowest BCUT2D eigenvalue weighted by Crippen LogP contribution is -2.31. The number of allylic oxidation sites excluding steroid dienone is 2. The van der Waals surface area contributed by atoms with Crippen LogP contribution in [-0.2, 0) is 17.2 Å². The monoisotopic (exact) mass is 626 g/mol. The van der Waals surface area contributed by atoms with Gasteiger partial charge in [-0.3, -0.25) is 4.79 Å². The van der Waals surface area contributed by atoms with Gasteiger partial charge in [-0.15, -0.1) is 5.10 Å². The van der Waals surface area contributed by atoms with Crippen molar-refractivity contribution in [2.24, 2.45) is 0 Å². The van der Waals surface area contributed by atoms with E-state index < -0.39 is 6.04 Å². The molecule has 6 rings (SSSR count). The number of ketones is 1. The Bertz CT molecular complexity index is 1650. The smallest absolute Gasteiger partial charge is 0.227 e. The maximum atomic E-state index is 13.3. The lowest BCUT2D eigenvalue weighted by Gasteiger charge is -2.32. The Morgan fingerprint density at radius 3 is 2.56 bits per heavy atom.